The predicted octanol–water partition coefficient (Wildman–Crippen LogP) is 2.66. The Hall–Kier alpha value is -2.64. The van der Waals surface area contributed by atoms with E-state index in [0.717, 1.165) is 30.5 Å². The van der Waals surface area contributed by atoms with Crippen LogP contribution in [0.25, 0.3) is 0 Å². The van der Waals surface area contributed by atoms with Crippen LogP contribution in [0.4, 0.5) is 4.39 Å². The fraction of sp³-hybridized carbons (Fsp3) is 0.550. The summed E-state index contributed by atoms with van der Waals surface area (Å²) in [5.41, 5.74) is 0. The molecule has 28 heavy (non-hydrogen) atoms. The molecule has 1 heterocycles. The van der Waals surface area contributed by atoms with Crippen LogP contribution in [0.5, 0.6) is 5.75 Å². The molecule has 0 radical (unpaired) electrons. The number of halogens is 1. The van der Waals surface area contributed by atoms with Crippen molar-refractivity contribution in [3.8, 4) is 5.75 Å². The van der Waals surface area contributed by atoms with E-state index in [2.05, 4.69) is 15.5 Å². The molecule has 0 aliphatic heterocycles. The lowest BCUT2D eigenvalue weighted by atomic mass is 10.2. The van der Waals surface area contributed by atoms with E-state index in [-0.39, 0.29) is 11.6 Å². The fourth-order valence-corrected chi connectivity index (χ4v) is 3.22. The van der Waals surface area contributed by atoms with Crippen LogP contribution >= 0.6 is 0 Å². The first-order chi connectivity index (χ1) is 13.5. The maximum absolute atomic E-state index is 13.7. The minimum absolute atomic E-state index is 0.271. The van der Waals surface area contributed by atoms with E-state index in [0.29, 0.717) is 25.7 Å². The Kier molecular flexibility index (Phi) is 6.84. The molecule has 2 aromatic rings. The number of benzene rings is 1. The second-order valence-corrected chi connectivity index (χ2v) is 7.19. The summed E-state index contributed by atoms with van der Waals surface area (Å²) in [6.45, 7) is 3.32. The van der Waals surface area contributed by atoms with E-state index in [1.54, 1.807) is 18.2 Å². The number of para-hydroxylation sites is 1. The summed E-state index contributed by atoms with van der Waals surface area (Å²) in [4.78, 5) is 6.77. The van der Waals surface area contributed by atoms with Gasteiger partial charge in [-0.15, -0.1) is 10.2 Å². The Labute approximate surface area is 165 Å². The number of hydrogen-bond donors (Lipinski definition) is 1. The highest BCUT2D eigenvalue weighted by Gasteiger charge is 2.18. The molecule has 8 heteroatoms. The van der Waals surface area contributed by atoms with E-state index >= 15 is 0 Å². The number of likely N-dealkylation sites (N-methyl/N-ethyl adjacent to an activating group) is 1. The average molecular weight is 388 g/mol. The van der Waals surface area contributed by atoms with Crippen molar-refractivity contribution in [3.63, 3.8) is 0 Å². The van der Waals surface area contributed by atoms with Crippen LogP contribution in [0.1, 0.15) is 37.3 Å². The number of nitrogens with one attached hydrogen (secondary N) is 1. The smallest absolute Gasteiger partial charge is 0.194 e. The molecular weight excluding hydrogens is 359 g/mol. The molecule has 0 bridgehead atoms. The van der Waals surface area contributed by atoms with Crippen LogP contribution in [0.2, 0.25) is 0 Å². The van der Waals surface area contributed by atoms with Crippen molar-refractivity contribution >= 4 is 5.96 Å². The number of guanidine groups is 1. The highest BCUT2D eigenvalue weighted by Crippen LogP contribution is 2.18. The maximum Gasteiger partial charge on any atom is 0.194 e. The van der Waals surface area contributed by atoms with Crippen molar-refractivity contribution in [1.82, 2.24) is 25.0 Å². The standard InChI is InChI=1S/C20H29FN6O/c1-15-24-25-19(27(15)3)14-22-20(23-16-8-4-5-9-16)26(2)12-13-28-18-11-7-6-10-17(18)21/h6-7,10-11,16H,4-5,8-9,12-14H2,1-3H3,(H,22,23). The quantitative estimate of drug-likeness (QED) is 0.583. The second kappa shape index (κ2) is 9.52. The van der Waals surface area contributed by atoms with Crippen LogP contribution < -0.4 is 10.1 Å². The van der Waals surface area contributed by atoms with Crippen LogP contribution in [0.3, 0.4) is 0 Å². The number of aliphatic imine (C=N–C) groups is 1. The third kappa shape index (κ3) is 5.21. The summed E-state index contributed by atoms with van der Waals surface area (Å²) >= 11 is 0. The molecule has 0 saturated heterocycles. The van der Waals surface area contributed by atoms with Crippen LogP contribution in [-0.4, -0.2) is 51.9 Å². The normalized spacial score (nSPS) is 15.1. The summed E-state index contributed by atoms with van der Waals surface area (Å²) in [6, 6.07) is 6.89. The molecule has 0 spiro atoms. The first-order valence-corrected chi connectivity index (χ1v) is 9.79. The van der Waals surface area contributed by atoms with Gasteiger partial charge in [-0.05, 0) is 31.9 Å². The van der Waals surface area contributed by atoms with Gasteiger partial charge >= 0.3 is 0 Å². The predicted molar refractivity (Wildman–Crippen MR) is 107 cm³/mol. The summed E-state index contributed by atoms with van der Waals surface area (Å²) in [5.74, 6) is 2.42. The van der Waals surface area contributed by atoms with Gasteiger partial charge in [0.05, 0.1) is 6.54 Å². The average Bonchev–Trinajstić information content (AvgIpc) is 3.31. The molecule has 152 valence electrons. The number of ether oxygens (including phenoxy) is 1. The van der Waals surface area contributed by atoms with Gasteiger partial charge in [0.1, 0.15) is 19.0 Å². The number of hydrogen-bond acceptors (Lipinski definition) is 4. The van der Waals surface area contributed by atoms with E-state index in [1.165, 1.54) is 18.9 Å². The monoisotopic (exact) mass is 388 g/mol. The number of nitrogens with zero attached hydrogens (tertiary/aromatic N) is 5. The van der Waals surface area contributed by atoms with E-state index < -0.39 is 0 Å². The fourth-order valence-electron chi connectivity index (χ4n) is 3.22. The largest absolute Gasteiger partial charge is 0.489 e. The third-order valence-electron chi connectivity index (χ3n) is 5.12. The lowest BCUT2D eigenvalue weighted by molar-refractivity contribution is 0.269. The van der Waals surface area contributed by atoms with Crippen LogP contribution in [0, 0.1) is 12.7 Å². The molecule has 1 aliphatic rings. The molecule has 0 amide bonds. The van der Waals surface area contributed by atoms with Gasteiger partial charge in [-0.25, -0.2) is 9.38 Å². The number of aromatic nitrogens is 3. The minimum atomic E-state index is -0.347. The highest BCUT2D eigenvalue weighted by atomic mass is 19.1. The Morgan fingerprint density at radius 2 is 2.07 bits per heavy atom. The molecule has 0 unspecified atom stereocenters. The number of rotatable bonds is 7. The van der Waals surface area contributed by atoms with Gasteiger partial charge in [0.25, 0.3) is 0 Å². The van der Waals surface area contributed by atoms with Gasteiger partial charge < -0.3 is 19.5 Å². The number of aryl methyl sites for hydroxylation is 1. The zero-order valence-corrected chi connectivity index (χ0v) is 16.9. The molecule has 1 fully saturated rings. The summed E-state index contributed by atoms with van der Waals surface area (Å²) in [5, 5.41) is 11.8. The lowest BCUT2D eigenvalue weighted by Crippen LogP contribution is -2.45. The SMILES string of the molecule is Cc1nnc(CN=C(NC2CCCC2)N(C)CCOc2ccccc2F)n1C. The Morgan fingerprint density at radius 1 is 1.32 bits per heavy atom. The van der Waals surface area contributed by atoms with Crippen molar-refractivity contribution in [2.45, 2.75) is 45.2 Å². The lowest BCUT2D eigenvalue weighted by Gasteiger charge is -2.25. The molecular formula is C20H29FN6O. The van der Waals surface area contributed by atoms with Gasteiger partial charge in [0.2, 0.25) is 0 Å². The van der Waals surface area contributed by atoms with E-state index in [9.17, 15) is 4.39 Å². The molecule has 7 nitrogen and oxygen atoms in total. The van der Waals surface area contributed by atoms with Crippen LogP contribution in [-0.2, 0) is 13.6 Å². The van der Waals surface area contributed by atoms with Crippen molar-refractivity contribution in [2.24, 2.45) is 12.0 Å². The first-order valence-electron chi connectivity index (χ1n) is 9.79. The molecule has 3 rings (SSSR count). The van der Waals surface area contributed by atoms with Crippen molar-refractivity contribution in [2.75, 3.05) is 20.2 Å². The molecule has 0 atom stereocenters. The van der Waals surface area contributed by atoms with Crippen molar-refractivity contribution in [1.29, 1.82) is 0 Å². The van der Waals surface area contributed by atoms with Gasteiger partial charge in [0, 0.05) is 20.1 Å². The van der Waals surface area contributed by atoms with E-state index in [4.69, 9.17) is 9.73 Å². The zero-order chi connectivity index (χ0) is 19.9. The summed E-state index contributed by atoms with van der Waals surface area (Å²) < 4.78 is 21.2. The van der Waals surface area contributed by atoms with Crippen molar-refractivity contribution in [3.05, 3.63) is 41.7 Å². The van der Waals surface area contributed by atoms with Gasteiger partial charge in [-0.3, -0.25) is 0 Å². The second-order valence-electron chi connectivity index (χ2n) is 7.19. The van der Waals surface area contributed by atoms with E-state index in [1.807, 2.05) is 30.5 Å². The van der Waals surface area contributed by atoms with Gasteiger partial charge in [-0.1, -0.05) is 25.0 Å². The topological polar surface area (TPSA) is 67.6 Å². The summed E-state index contributed by atoms with van der Waals surface area (Å²) in [7, 11) is 3.91. The Balaban J connectivity index is 1.62. The zero-order valence-electron chi connectivity index (χ0n) is 16.9. The van der Waals surface area contributed by atoms with Gasteiger partial charge in [0.15, 0.2) is 23.4 Å². The van der Waals surface area contributed by atoms with Crippen molar-refractivity contribution < 1.29 is 9.13 Å². The molecule has 1 saturated carbocycles. The maximum atomic E-state index is 13.7. The molecule has 1 aliphatic carbocycles. The molecule has 1 N–H and O–H groups in total. The Morgan fingerprint density at radius 3 is 2.75 bits per heavy atom. The molecule has 1 aromatic heterocycles. The highest BCUT2D eigenvalue weighted by molar-refractivity contribution is 5.80. The Bertz CT molecular complexity index is 800. The summed E-state index contributed by atoms with van der Waals surface area (Å²) in [6.07, 6.45) is 4.80. The molecule has 1 aromatic carbocycles. The van der Waals surface area contributed by atoms with Gasteiger partial charge in [-0.2, -0.15) is 0 Å². The first kappa shape index (κ1) is 20.1. The third-order valence-corrected chi connectivity index (χ3v) is 5.12. The minimum Gasteiger partial charge on any atom is -0.489 e. The van der Waals surface area contributed by atoms with Crippen LogP contribution in [0.15, 0.2) is 29.3 Å².